The Kier molecular flexibility index (Phi) is 20.6. The molecule has 0 unspecified atom stereocenters. The van der Waals surface area contributed by atoms with Crippen molar-refractivity contribution in [1.82, 2.24) is 26.6 Å². The van der Waals surface area contributed by atoms with Gasteiger partial charge in [-0.15, -0.1) is 0 Å². The Morgan fingerprint density at radius 3 is 1.75 bits per heavy atom. The fourth-order valence-corrected chi connectivity index (χ4v) is 4.84. The van der Waals surface area contributed by atoms with Crippen LogP contribution in [0.15, 0.2) is 35.3 Å². The zero-order valence-electron chi connectivity index (χ0n) is 29.1. The SMILES string of the molecule is C[C@@H](O)[C@H](NC(=O)[C@H](CCCN=C(N)N)NC(=O)[C@H](Cc1ccccc1)NC(=O)[C@H](CCC(=O)O)NC(=O)[C@H](CCCCN)NC(=O)CN)C(=O)O. The highest BCUT2D eigenvalue weighted by molar-refractivity contribution is 5.96. The average Bonchev–Trinajstić information content (AvgIpc) is 3.08. The number of carbonyl (C=O) groups is 7. The monoisotopic (exact) mass is 736 g/mol. The molecule has 290 valence electrons. The second-order valence-corrected chi connectivity index (χ2v) is 11.9. The quantitative estimate of drug-likeness (QED) is 0.0260. The van der Waals surface area contributed by atoms with Crippen molar-refractivity contribution in [2.75, 3.05) is 19.6 Å². The molecule has 5 amide bonds. The summed E-state index contributed by atoms with van der Waals surface area (Å²) in [4.78, 5) is 93.1. The molecule has 0 radical (unpaired) electrons. The van der Waals surface area contributed by atoms with Crippen LogP contribution in [0, 0.1) is 0 Å². The number of unbranched alkanes of at least 4 members (excludes halogenated alkanes) is 1. The van der Waals surface area contributed by atoms with Gasteiger partial charge in [-0.1, -0.05) is 30.3 Å². The first kappa shape index (κ1) is 44.7. The highest BCUT2D eigenvalue weighted by Gasteiger charge is 2.33. The minimum absolute atomic E-state index is 0.0504. The van der Waals surface area contributed by atoms with Crippen molar-refractivity contribution in [3.8, 4) is 0 Å². The molecule has 0 saturated carbocycles. The standard InChI is InChI=1S/C32H52N10O10/c1-18(43)26(31(51)52)42-29(49)21(11-7-15-37-32(35)36)39-30(50)23(16-19-8-3-2-4-9-19)41-28(48)22(12-13-25(45)46)40-27(47)20(10-5-6-14-33)38-24(44)17-34/h2-4,8-9,18,20-23,26,43H,5-7,10-17,33-34H2,1H3,(H,38,44)(H,39,50)(H,40,47)(H,41,48)(H,42,49)(H,45,46)(H,51,52)(H4,35,36,37)/t18-,20+,21+,22+,23+,26+/m1/s1. The lowest BCUT2D eigenvalue weighted by atomic mass is 10.0. The van der Waals surface area contributed by atoms with Gasteiger partial charge in [0.1, 0.15) is 24.2 Å². The molecule has 0 aliphatic rings. The van der Waals surface area contributed by atoms with Gasteiger partial charge in [0.05, 0.1) is 12.6 Å². The Hall–Kier alpha value is -5.34. The topological polar surface area (TPSA) is 357 Å². The number of rotatable bonds is 25. The van der Waals surface area contributed by atoms with E-state index in [0.717, 1.165) is 6.92 Å². The largest absolute Gasteiger partial charge is 0.481 e. The Balaban J connectivity index is 3.42. The van der Waals surface area contributed by atoms with E-state index < -0.39 is 97.2 Å². The molecule has 0 aliphatic carbocycles. The van der Waals surface area contributed by atoms with Gasteiger partial charge in [0, 0.05) is 19.4 Å². The van der Waals surface area contributed by atoms with E-state index >= 15 is 0 Å². The molecular weight excluding hydrogens is 684 g/mol. The number of aliphatic imine (C=N–C) groups is 1. The third-order valence-corrected chi connectivity index (χ3v) is 7.60. The number of nitrogens with two attached hydrogens (primary N) is 4. The van der Waals surface area contributed by atoms with Crippen molar-refractivity contribution in [1.29, 1.82) is 0 Å². The zero-order valence-corrected chi connectivity index (χ0v) is 29.1. The molecule has 0 heterocycles. The number of nitrogens with zero attached hydrogens (tertiary/aromatic N) is 1. The van der Waals surface area contributed by atoms with Gasteiger partial charge in [0.25, 0.3) is 0 Å². The van der Waals surface area contributed by atoms with E-state index in [-0.39, 0.29) is 38.2 Å². The number of hydrogen-bond donors (Lipinski definition) is 12. The molecule has 0 fully saturated rings. The van der Waals surface area contributed by atoms with Crippen molar-refractivity contribution in [3.05, 3.63) is 35.9 Å². The molecule has 0 saturated heterocycles. The molecule has 1 aromatic rings. The van der Waals surface area contributed by atoms with E-state index in [1.54, 1.807) is 30.3 Å². The van der Waals surface area contributed by atoms with Gasteiger partial charge in [0.15, 0.2) is 12.0 Å². The van der Waals surface area contributed by atoms with Gasteiger partial charge in [-0.3, -0.25) is 33.8 Å². The summed E-state index contributed by atoms with van der Waals surface area (Å²) < 4.78 is 0. The first-order valence-corrected chi connectivity index (χ1v) is 16.7. The summed E-state index contributed by atoms with van der Waals surface area (Å²) in [5, 5.41) is 40.9. The lowest BCUT2D eigenvalue weighted by Gasteiger charge is -2.27. The normalized spacial score (nSPS) is 14.2. The summed E-state index contributed by atoms with van der Waals surface area (Å²) in [5.41, 5.74) is 22.2. The van der Waals surface area contributed by atoms with Crippen LogP contribution in [-0.4, -0.2) is 119 Å². The lowest BCUT2D eigenvalue weighted by Crippen LogP contribution is -2.60. The number of carbonyl (C=O) groups excluding carboxylic acids is 5. The Labute approximate surface area is 300 Å². The van der Waals surface area contributed by atoms with Gasteiger partial charge in [0.2, 0.25) is 29.5 Å². The molecule has 52 heavy (non-hydrogen) atoms. The average molecular weight is 737 g/mol. The maximum atomic E-state index is 13.8. The molecule has 20 heteroatoms. The molecule has 16 N–H and O–H groups in total. The number of amides is 5. The zero-order chi connectivity index (χ0) is 39.2. The van der Waals surface area contributed by atoms with Crippen LogP contribution in [0.5, 0.6) is 0 Å². The van der Waals surface area contributed by atoms with Gasteiger partial charge < -0.3 is 64.8 Å². The molecular formula is C32H52N10O10. The molecule has 6 atom stereocenters. The number of hydrogen-bond acceptors (Lipinski definition) is 11. The summed E-state index contributed by atoms with van der Waals surface area (Å²) in [7, 11) is 0. The van der Waals surface area contributed by atoms with E-state index in [2.05, 4.69) is 31.6 Å². The molecule has 0 aromatic heterocycles. The summed E-state index contributed by atoms with van der Waals surface area (Å²) in [5.74, 6) is -7.23. The van der Waals surface area contributed by atoms with Crippen LogP contribution < -0.4 is 49.5 Å². The Morgan fingerprint density at radius 2 is 1.23 bits per heavy atom. The number of benzene rings is 1. The molecule has 20 nitrogen and oxygen atoms in total. The number of carboxylic acids is 2. The number of aliphatic carboxylic acids is 2. The minimum Gasteiger partial charge on any atom is -0.481 e. The Morgan fingerprint density at radius 1 is 0.712 bits per heavy atom. The first-order chi connectivity index (χ1) is 24.6. The van der Waals surface area contributed by atoms with Crippen LogP contribution in [0.3, 0.4) is 0 Å². The van der Waals surface area contributed by atoms with E-state index in [1.165, 1.54) is 0 Å². The molecule has 0 bridgehead atoms. The van der Waals surface area contributed by atoms with Crippen molar-refractivity contribution in [2.24, 2.45) is 27.9 Å². The summed E-state index contributed by atoms with van der Waals surface area (Å²) in [6.07, 6.45) is -1.39. The van der Waals surface area contributed by atoms with Crippen LogP contribution in [-0.2, 0) is 40.0 Å². The maximum Gasteiger partial charge on any atom is 0.328 e. The molecule has 1 rings (SSSR count). The first-order valence-electron chi connectivity index (χ1n) is 16.7. The van der Waals surface area contributed by atoms with Crippen LogP contribution in [0.1, 0.15) is 57.4 Å². The third kappa shape index (κ3) is 17.5. The number of aliphatic hydroxyl groups excluding tert-OH is 1. The number of aliphatic hydroxyl groups is 1. The third-order valence-electron chi connectivity index (χ3n) is 7.60. The Bertz CT molecular complexity index is 1370. The highest BCUT2D eigenvalue weighted by Crippen LogP contribution is 2.09. The maximum absolute atomic E-state index is 13.8. The van der Waals surface area contributed by atoms with Gasteiger partial charge >= 0.3 is 11.9 Å². The van der Waals surface area contributed by atoms with E-state index in [0.29, 0.717) is 24.9 Å². The minimum atomic E-state index is -1.71. The van der Waals surface area contributed by atoms with Crippen molar-refractivity contribution in [3.63, 3.8) is 0 Å². The highest BCUT2D eigenvalue weighted by atomic mass is 16.4. The smallest absolute Gasteiger partial charge is 0.328 e. The summed E-state index contributed by atoms with van der Waals surface area (Å²) in [6, 6.07) is 1.31. The van der Waals surface area contributed by atoms with E-state index in [9.17, 15) is 48.9 Å². The summed E-state index contributed by atoms with van der Waals surface area (Å²) >= 11 is 0. The molecule has 1 aromatic carbocycles. The van der Waals surface area contributed by atoms with Crippen molar-refractivity contribution < 1.29 is 48.9 Å². The number of carboxylic acid groups (broad SMARTS) is 2. The van der Waals surface area contributed by atoms with E-state index in [4.69, 9.17) is 22.9 Å². The fourth-order valence-electron chi connectivity index (χ4n) is 4.84. The summed E-state index contributed by atoms with van der Waals surface area (Å²) in [6.45, 7) is 1.12. The van der Waals surface area contributed by atoms with Gasteiger partial charge in [-0.2, -0.15) is 0 Å². The van der Waals surface area contributed by atoms with Crippen LogP contribution in [0.25, 0.3) is 0 Å². The van der Waals surface area contributed by atoms with Crippen LogP contribution >= 0.6 is 0 Å². The van der Waals surface area contributed by atoms with Crippen LogP contribution in [0.4, 0.5) is 0 Å². The molecule has 0 aliphatic heterocycles. The van der Waals surface area contributed by atoms with Crippen LogP contribution in [0.2, 0.25) is 0 Å². The predicted octanol–water partition coefficient (Wildman–Crippen LogP) is -3.88. The van der Waals surface area contributed by atoms with E-state index in [1.807, 2.05) is 0 Å². The fraction of sp³-hybridized carbons (Fsp3) is 0.562. The van der Waals surface area contributed by atoms with Gasteiger partial charge in [-0.05, 0) is 57.6 Å². The second-order valence-electron chi connectivity index (χ2n) is 11.9. The number of nitrogens with one attached hydrogen (secondary N) is 5. The predicted molar refractivity (Wildman–Crippen MR) is 188 cm³/mol. The second kappa shape index (κ2) is 24.0. The van der Waals surface area contributed by atoms with Crippen molar-refractivity contribution >= 4 is 47.4 Å². The molecule has 0 spiro atoms. The van der Waals surface area contributed by atoms with Gasteiger partial charge in [-0.25, -0.2) is 4.79 Å². The number of guanidine groups is 1. The lowest BCUT2D eigenvalue weighted by molar-refractivity contribution is -0.145. The van der Waals surface area contributed by atoms with Crippen molar-refractivity contribution in [2.45, 2.75) is 94.6 Å².